The van der Waals surface area contributed by atoms with Crippen LogP contribution in [0.5, 0.6) is 5.75 Å². The molecule has 0 spiro atoms. The van der Waals surface area contributed by atoms with Crippen molar-refractivity contribution in [1.29, 1.82) is 0 Å². The number of hydrogen-bond acceptors (Lipinski definition) is 6. The highest BCUT2D eigenvalue weighted by Gasteiger charge is 2.19. The van der Waals surface area contributed by atoms with E-state index in [9.17, 15) is 4.79 Å². The normalized spacial score (nSPS) is 15.6. The van der Waals surface area contributed by atoms with Gasteiger partial charge in [-0.3, -0.25) is 4.79 Å². The molecule has 4 rings (SSSR count). The van der Waals surface area contributed by atoms with Crippen molar-refractivity contribution in [3.8, 4) is 5.75 Å². The van der Waals surface area contributed by atoms with E-state index >= 15 is 0 Å². The third kappa shape index (κ3) is 2.14. The molecule has 0 N–H and O–H groups in total. The van der Waals surface area contributed by atoms with Crippen molar-refractivity contribution in [1.82, 2.24) is 4.98 Å². The number of ether oxygens (including phenoxy) is 1. The van der Waals surface area contributed by atoms with E-state index in [-0.39, 0.29) is 5.43 Å². The van der Waals surface area contributed by atoms with E-state index in [0.717, 1.165) is 18.2 Å². The quantitative estimate of drug-likeness (QED) is 0.725. The van der Waals surface area contributed by atoms with Gasteiger partial charge in [0.2, 0.25) is 11.1 Å². The minimum atomic E-state index is -0.0316. The van der Waals surface area contributed by atoms with E-state index in [1.807, 2.05) is 0 Å². The van der Waals surface area contributed by atoms with Gasteiger partial charge < -0.3 is 14.1 Å². The van der Waals surface area contributed by atoms with Crippen molar-refractivity contribution >= 4 is 37.9 Å². The fourth-order valence-corrected chi connectivity index (χ4v) is 3.86. The molecule has 0 aliphatic carbocycles. The summed E-state index contributed by atoms with van der Waals surface area (Å²) in [5, 5.41) is 1.43. The fraction of sp³-hybridized carbons (Fsp3) is 0.375. The van der Waals surface area contributed by atoms with Gasteiger partial charge in [-0.15, -0.1) is 0 Å². The van der Waals surface area contributed by atoms with Crippen LogP contribution in [0.3, 0.4) is 0 Å². The SMILES string of the molecule is COc1ccc2oc3nc(N4CCCCC4)sc3c(=O)c2c1. The Balaban J connectivity index is 1.89. The zero-order chi connectivity index (χ0) is 15.1. The largest absolute Gasteiger partial charge is 0.497 e. The maximum Gasteiger partial charge on any atom is 0.243 e. The summed E-state index contributed by atoms with van der Waals surface area (Å²) < 4.78 is 11.6. The maximum absolute atomic E-state index is 12.7. The molecule has 0 unspecified atom stereocenters. The maximum atomic E-state index is 12.7. The van der Waals surface area contributed by atoms with E-state index in [2.05, 4.69) is 9.88 Å². The molecular weight excluding hydrogens is 300 g/mol. The van der Waals surface area contributed by atoms with Gasteiger partial charge in [0.25, 0.3) is 0 Å². The number of nitrogens with zero attached hydrogens (tertiary/aromatic N) is 2. The molecule has 0 amide bonds. The van der Waals surface area contributed by atoms with Crippen LogP contribution >= 0.6 is 11.3 Å². The van der Waals surface area contributed by atoms with Crippen LogP contribution < -0.4 is 15.1 Å². The Morgan fingerprint density at radius 1 is 1.27 bits per heavy atom. The Morgan fingerprint density at radius 2 is 2.09 bits per heavy atom. The molecule has 0 atom stereocenters. The first kappa shape index (κ1) is 13.6. The fourth-order valence-electron chi connectivity index (χ4n) is 2.86. The van der Waals surface area contributed by atoms with Crippen LogP contribution in [-0.4, -0.2) is 25.2 Å². The number of benzene rings is 1. The summed E-state index contributed by atoms with van der Waals surface area (Å²) in [7, 11) is 1.59. The van der Waals surface area contributed by atoms with E-state index in [4.69, 9.17) is 9.15 Å². The Labute approximate surface area is 131 Å². The lowest BCUT2D eigenvalue weighted by Crippen LogP contribution is -2.29. The smallest absolute Gasteiger partial charge is 0.243 e. The highest BCUT2D eigenvalue weighted by Crippen LogP contribution is 2.31. The number of hydrogen-bond donors (Lipinski definition) is 0. The van der Waals surface area contributed by atoms with E-state index in [0.29, 0.717) is 27.1 Å². The molecular formula is C16H16N2O3S. The average molecular weight is 316 g/mol. The second-order valence-corrected chi connectivity index (χ2v) is 6.45. The minimum Gasteiger partial charge on any atom is -0.497 e. The highest BCUT2D eigenvalue weighted by molar-refractivity contribution is 7.22. The summed E-state index contributed by atoms with van der Waals surface area (Å²) in [6.07, 6.45) is 3.62. The zero-order valence-corrected chi connectivity index (χ0v) is 13.1. The standard InChI is InChI=1S/C16H16N2O3S/c1-20-10-5-6-12-11(9-10)13(19)14-15(21-12)17-16(22-14)18-7-3-2-4-8-18/h5-6,9H,2-4,7-8H2,1H3. The van der Waals surface area contributed by atoms with Gasteiger partial charge >= 0.3 is 0 Å². The van der Waals surface area contributed by atoms with E-state index in [1.165, 1.54) is 30.6 Å². The van der Waals surface area contributed by atoms with Crippen molar-refractivity contribution in [2.75, 3.05) is 25.1 Å². The first-order valence-corrected chi connectivity index (χ1v) is 8.24. The summed E-state index contributed by atoms with van der Waals surface area (Å²) in [5.74, 6) is 0.653. The van der Waals surface area contributed by atoms with Crippen LogP contribution in [0.1, 0.15) is 19.3 Å². The van der Waals surface area contributed by atoms with Gasteiger partial charge in [0.05, 0.1) is 12.5 Å². The van der Waals surface area contributed by atoms with Gasteiger partial charge in [0, 0.05) is 13.1 Å². The van der Waals surface area contributed by atoms with Gasteiger partial charge in [-0.05, 0) is 37.5 Å². The molecule has 0 saturated carbocycles. The molecule has 1 aliphatic rings. The zero-order valence-electron chi connectivity index (χ0n) is 12.3. The average Bonchev–Trinajstić information content (AvgIpc) is 3.00. The third-order valence-electron chi connectivity index (χ3n) is 4.06. The molecule has 1 fully saturated rings. The number of methoxy groups -OCH3 is 1. The van der Waals surface area contributed by atoms with Crippen molar-refractivity contribution in [3.05, 3.63) is 28.4 Å². The van der Waals surface area contributed by atoms with Gasteiger partial charge in [-0.25, -0.2) is 0 Å². The molecule has 6 heteroatoms. The summed E-state index contributed by atoms with van der Waals surface area (Å²) in [5.41, 5.74) is 0.956. The first-order valence-electron chi connectivity index (χ1n) is 7.42. The number of fused-ring (bicyclic) bond motifs is 2. The lowest BCUT2D eigenvalue weighted by Gasteiger charge is -2.25. The lowest BCUT2D eigenvalue weighted by molar-refractivity contribution is 0.415. The molecule has 114 valence electrons. The van der Waals surface area contributed by atoms with Crippen molar-refractivity contribution in [2.45, 2.75) is 19.3 Å². The van der Waals surface area contributed by atoms with Crippen LogP contribution in [0.15, 0.2) is 27.4 Å². The second-order valence-electron chi connectivity index (χ2n) is 5.47. The monoisotopic (exact) mass is 316 g/mol. The van der Waals surface area contributed by atoms with Crippen LogP contribution in [-0.2, 0) is 0 Å². The van der Waals surface area contributed by atoms with Gasteiger partial charge in [-0.1, -0.05) is 11.3 Å². The minimum absolute atomic E-state index is 0.0316. The molecule has 0 bridgehead atoms. The second kappa shape index (κ2) is 5.28. The van der Waals surface area contributed by atoms with Crippen molar-refractivity contribution in [2.24, 2.45) is 0 Å². The molecule has 2 aromatic heterocycles. The molecule has 0 radical (unpaired) electrons. The summed E-state index contributed by atoms with van der Waals surface area (Å²) in [4.78, 5) is 19.5. The summed E-state index contributed by atoms with van der Waals surface area (Å²) in [6, 6.07) is 5.27. The summed E-state index contributed by atoms with van der Waals surface area (Å²) >= 11 is 1.43. The number of rotatable bonds is 2. The topological polar surface area (TPSA) is 55.6 Å². The number of anilines is 1. The first-order chi connectivity index (χ1) is 10.8. The summed E-state index contributed by atoms with van der Waals surface area (Å²) in [6.45, 7) is 2.00. The number of aromatic nitrogens is 1. The Kier molecular flexibility index (Phi) is 3.26. The third-order valence-corrected chi connectivity index (χ3v) is 5.15. The van der Waals surface area contributed by atoms with Crippen LogP contribution in [0.4, 0.5) is 5.13 Å². The molecule has 1 aliphatic heterocycles. The lowest BCUT2D eigenvalue weighted by atomic mass is 10.1. The predicted octanol–water partition coefficient (Wildman–Crippen LogP) is 3.40. The molecule has 22 heavy (non-hydrogen) atoms. The van der Waals surface area contributed by atoms with Gasteiger partial charge in [0.1, 0.15) is 16.0 Å². The molecule has 1 aromatic carbocycles. The number of piperidine rings is 1. The Morgan fingerprint density at radius 3 is 2.86 bits per heavy atom. The Bertz CT molecular complexity index is 893. The van der Waals surface area contributed by atoms with Crippen LogP contribution in [0.25, 0.3) is 21.4 Å². The highest BCUT2D eigenvalue weighted by atomic mass is 32.1. The molecule has 1 saturated heterocycles. The van der Waals surface area contributed by atoms with Gasteiger partial charge in [-0.2, -0.15) is 4.98 Å². The van der Waals surface area contributed by atoms with Crippen LogP contribution in [0, 0.1) is 0 Å². The molecule has 3 heterocycles. The predicted molar refractivity (Wildman–Crippen MR) is 88.3 cm³/mol. The van der Waals surface area contributed by atoms with Gasteiger partial charge in [0.15, 0.2) is 5.13 Å². The van der Waals surface area contributed by atoms with E-state index < -0.39 is 0 Å². The Hall–Kier alpha value is -2.08. The van der Waals surface area contributed by atoms with Crippen molar-refractivity contribution in [3.63, 3.8) is 0 Å². The molecule has 3 aromatic rings. The van der Waals surface area contributed by atoms with Crippen LogP contribution in [0.2, 0.25) is 0 Å². The molecule has 5 nitrogen and oxygen atoms in total. The van der Waals surface area contributed by atoms with E-state index in [1.54, 1.807) is 25.3 Å². The number of thiazole rings is 1. The van der Waals surface area contributed by atoms with Crippen molar-refractivity contribution < 1.29 is 9.15 Å².